The van der Waals surface area contributed by atoms with E-state index in [1.807, 2.05) is 356 Å². The highest BCUT2D eigenvalue weighted by molar-refractivity contribution is 7.07. The number of pyridine rings is 3. The number of rotatable bonds is 0. The minimum atomic E-state index is 0. The van der Waals surface area contributed by atoms with Crippen LogP contribution in [0.4, 0.5) is 5.69 Å². The summed E-state index contributed by atoms with van der Waals surface area (Å²) in [6.45, 7) is 71.2. The molecule has 7 aromatic carbocycles. The lowest BCUT2D eigenvalue weighted by molar-refractivity contribution is 0.668. The molecule has 5 aromatic heterocycles. The Balaban J connectivity index is -0.0000000855. The number of para-hydroxylation sites is 2. The van der Waals surface area contributed by atoms with Gasteiger partial charge in [-0.05, 0) is 167 Å². The number of H-pyrrole nitrogens is 1. The highest BCUT2D eigenvalue weighted by Gasteiger charge is 2.08. The molecule has 5 nitrogen and oxygen atoms in total. The summed E-state index contributed by atoms with van der Waals surface area (Å²) in [5, 5.41) is 13.7. The second-order valence-electron chi connectivity index (χ2n) is 18.2. The van der Waals surface area contributed by atoms with E-state index in [0.717, 1.165) is 6.54 Å². The van der Waals surface area contributed by atoms with E-state index in [1.54, 1.807) is 34.9 Å². The Morgan fingerprint density at radius 2 is 0.616 bits per heavy atom. The summed E-state index contributed by atoms with van der Waals surface area (Å²) in [6.07, 6.45) is 22.7. The first-order valence-corrected chi connectivity index (χ1v) is 44.5. The number of aromatic nitrogens is 4. The Morgan fingerprint density at radius 1 is 0.268 bits per heavy atom. The van der Waals surface area contributed by atoms with Crippen molar-refractivity contribution in [3.8, 4) is 0 Å². The molecule has 0 saturated carbocycles. The predicted octanol–water partition coefficient (Wildman–Crippen LogP) is 37.0. The summed E-state index contributed by atoms with van der Waals surface area (Å²) < 4.78 is 0. The van der Waals surface area contributed by atoms with Gasteiger partial charge in [0.1, 0.15) is 0 Å². The van der Waals surface area contributed by atoms with Crippen molar-refractivity contribution in [3.05, 3.63) is 312 Å². The normalized spacial score (nSPS) is 8.96. The lowest BCUT2D eigenvalue weighted by atomic mass is 9.92. The van der Waals surface area contributed by atoms with Gasteiger partial charge in [-0.2, -0.15) is 11.3 Å². The first-order valence-electron chi connectivity index (χ1n) is 43.6. The summed E-state index contributed by atoms with van der Waals surface area (Å²) >= 11 is 1.71. The maximum atomic E-state index is 4.32. The first kappa shape index (κ1) is 133. The second-order valence-corrected chi connectivity index (χ2v) is 19.0. The first-order chi connectivity index (χ1) is 54.7. The molecule has 0 spiro atoms. The van der Waals surface area contributed by atoms with Gasteiger partial charge in [0.05, 0.1) is 0 Å². The molecule has 0 amide bonds. The van der Waals surface area contributed by atoms with Crippen LogP contribution < -0.4 is 5.32 Å². The van der Waals surface area contributed by atoms with Crippen LogP contribution in [0.1, 0.15) is 309 Å². The number of anilines is 1. The standard InChI is InChI=1S/C10H12.C10H8.C9H11N.C9H7N.C8H9N.C8H7N.C7H8.C5H5N.C4H4S.17C2H6.2CH4/c2*1-2-6-10-8-4-3-7-9(10)5-1;1-2-6-9-8(4-1)5-3-7-10-9;1-2-4-9-7-10-6-5-8(9)3-1;2*1-2-4-8-7(3-1)5-6-9-8;1-7-5-3-2-4-6-7;1-2-4-6-5-3-1;1-2-4-5-3-1;17*1-2;;/h1-2,5-6H,3-4,7-8H2;1-8H;3,5,7H,1-2,4,6H2;1-7H;1-4,9H,5-6H2;1-6,9H;2-6H,1H3;1-5H;1-4H;17*1-2H3;2*1H4. The number of aromatic amines is 1. The Morgan fingerprint density at radius 3 is 0.973 bits per heavy atom. The number of nitrogens with one attached hydrogen (secondary N) is 2. The number of fused-ring (bicyclic) bond motifs is 6. The van der Waals surface area contributed by atoms with Gasteiger partial charge in [-0.3, -0.25) is 15.0 Å². The molecular weight excluding hydrogens is 1380 g/mol. The maximum Gasteiger partial charge on any atom is 0.0453 e. The third kappa shape index (κ3) is 75.6. The average molecular weight is 1560 g/mol. The fourth-order valence-corrected chi connectivity index (χ4v) is 9.13. The molecule has 0 bridgehead atoms. The summed E-state index contributed by atoms with van der Waals surface area (Å²) in [6, 6.07) is 78.7. The van der Waals surface area contributed by atoms with Crippen molar-refractivity contribution in [2.75, 3.05) is 11.9 Å². The Hall–Kier alpha value is -8.45. The Kier molecular flexibility index (Phi) is 146. The van der Waals surface area contributed by atoms with Crippen molar-refractivity contribution in [1.82, 2.24) is 19.9 Å². The van der Waals surface area contributed by atoms with E-state index in [0.29, 0.717) is 0 Å². The van der Waals surface area contributed by atoms with Gasteiger partial charge < -0.3 is 10.3 Å². The van der Waals surface area contributed by atoms with Gasteiger partial charge >= 0.3 is 0 Å². The van der Waals surface area contributed by atoms with Crippen LogP contribution in [0.25, 0.3) is 32.4 Å². The zero-order chi connectivity index (χ0) is 86.3. The maximum absolute atomic E-state index is 4.32. The SMILES string of the molecule is C.C.CC.CC.CC.CC.CC.CC.CC.CC.CC.CC.CC.CC.CC.CC.CC.CC.CC.Cc1ccccc1.c1ccc2[nH]ccc2c1.c1ccc2c(c1)CCCC2.c1ccc2c(c1)CCN2.c1ccc2ccccc2c1.c1ccc2cnccc2c1.c1ccncc1.c1ccsc1.c1cnc2c(c1)CCCC2. The van der Waals surface area contributed by atoms with Gasteiger partial charge in [0.2, 0.25) is 0 Å². The fourth-order valence-electron chi connectivity index (χ4n) is 8.68. The van der Waals surface area contributed by atoms with Crippen LogP contribution in [0.3, 0.4) is 0 Å². The molecule has 15 rings (SSSR count). The summed E-state index contributed by atoms with van der Waals surface area (Å²) in [5.41, 5.74) is 11.2. The topological polar surface area (TPSA) is 66.5 Å². The summed E-state index contributed by atoms with van der Waals surface area (Å²) in [7, 11) is 0. The van der Waals surface area contributed by atoms with E-state index in [2.05, 4.69) is 178 Å². The lowest BCUT2D eigenvalue weighted by Crippen LogP contribution is -2.03. The minimum Gasteiger partial charge on any atom is -0.384 e. The third-order valence-corrected chi connectivity index (χ3v) is 13.3. The molecule has 0 radical (unpaired) electrons. The van der Waals surface area contributed by atoms with Gasteiger partial charge in [0.25, 0.3) is 0 Å². The van der Waals surface area contributed by atoms with Crippen molar-refractivity contribution >= 4 is 49.5 Å². The molecular formula is C106H181N5S. The number of aryl methyl sites for hydroxylation is 5. The van der Waals surface area contributed by atoms with E-state index < -0.39 is 0 Å². The number of thiophene rings is 1. The van der Waals surface area contributed by atoms with Gasteiger partial charge in [0, 0.05) is 60.6 Å². The largest absolute Gasteiger partial charge is 0.384 e. The van der Waals surface area contributed by atoms with Crippen LogP contribution in [0.15, 0.2) is 278 Å². The molecule has 636 valence electrons. The number of hydrogen-bond donors (Lipinski definition) is 2. The van der Waals surface area contributed by atoms with Gasteiger partial charge in [-0.25, -0.2) is 0 Å². The van der Waals surface area contributed by atoms with Crippen molar-refractivity contribution in [3.63, 3.8) is 0 Å². The number of nitrogens with zero attached hydrogens (tertiary/aromatic N) is 3. The van der Waals surface area contributed by atoms with Gasteiger partial charge in [-0.1, -0.05) is 444 Å². The van der Waals surface area contributed by atoms with Crippen molar-refractivity contribution in [2.24, 2.45) is 0 Å². The Labute approximate surface area is 703 Å². The molecule has 1 aliphatic heterocycles. The number of hydrogen-bond acceptors (Lipinski definition) is 5. The van der Waals surface area contributed by atoms with Crippen molar-refractivity contribution in [2.45, 2.75) is 315 Å². The highest BCUT2D eigenvalue weighted by Crippen LogP contribution is 2.22. The molecule has 2 aliphatic carbocycles. The summed E-state index contributed by atoms with van der Waals surface area (Å²) in [4.78, 5) is 15.2. The van der Waals surface area contributed by atoms with Crippen LogP contribution in [0.5, 0.6) is 0 Å². The quantitative estimate of drug-likeness (QED) is 0.159. The molecule has 0 fully saturated rings. The lowest BCUT2D eigenvalue weighted by Gasteiger charge is -2.13. The van der Waals surface area contributed by atoms with Crippen LogP contribution in [-0.4, -0.2) is 26.5 Å². The van der Waals surface area contributed by atoms with Crippen molar-refractivity contribution in [1.29, 1.82) is 0 Å². The van der Waals surface area contributed by atoms with E-state index >= 15 is 0 Å². The smallest absolute Gasteiger partial charge is 0.0453 e. The van der Waals surface area contributed by atoms with Crippen LogP contribution in [-0.2, 0) is 32.1 Å². The molecule has 0 unspecified atom stereocenters. The van der Waals surface area contributed by atoms with Crippen LogP contribution >= 0.6 is 11.3 Å². The molecule has 0 saturated heterocycles. The van der Waals surface area contributed by atoms with Crippen LogP contribution in [0, 0.1) is 6.92 Å². The van der Waals surface area contributed by atoms with E-state index in [9.17, 15) is 0 Å². The molecule has 6 heteroatoms. The zero-order valence-electron chi connectivity index (χ0n) is 77.9. The zero-order valence-corrected chi connectivity index (χ0v) is 78.7. The van der Waals surface area contributed by atoms with Gasteiger partial charge in [-0.15, -0.1) is 0 Å². The molecule has 12 aromatic rings. The predicted molar refractivity (Wildman–Crippen MR) is 533 cm³/mol. The molecule has 0 atom stereocenters. The average Bonchev–Trinajstić information content (AvgIpc) is 1.89. The second kappa shape index (κ2) is 123. The third-order valence-electron chi connectivity index (χ3n) is 12.7. The van der Waals surface area contributed by atoms with E-state index in [-0.39, 0.29) is 14.9 Å². The fraction of sp³-hybridized carbons (Fsp3) is 0.443. The molecule has 3 aliphatic rings. The monoisotopic (exact) mass is 1560 g/mol. The van der Waals surface area contributed by atoms with Crippen LogP contribution in [0.2, 0.25) is 0 Å². The van der Waals surface area contributed by atoms with Gasteiger partial charge in [0.15, 0.2) is 0 Å². The highest BCUT2D eigenvalue weighted by atomic mass is 32.1. The summed E-state index contributed by atoms with van der Waals surface area (Å²) in [5.74, 6) is 0. The minimum absolute atomic E-state index is 0. The van der Waals surface area contributed by atoms with E-state index in [4.69, 9.17) is 0 Å². The Bertz CT molecular complexity index is 2990. The van der Waals surface area contributed by atoms with Crippen molar-refractivity contribution < 1.29 is 0 Å². The molecule has 2 N–H and O–H groups in total. The molecule has 6 heterocycles. The number of benzene rings is 7. The molecule has 112 heavy (non-hydrogen) atoms. The van der Waals surface area contributed by atoms with E-state index in [1.165, 1.54) is 118 Å².